The largest absolute Gasteiger partial charge is 0.513 e. The summed E-state index contributed by atoms with van der Waals surface area (Å²) in [6, 6.07) is 13.3. The Bertz CT molecular complexity index is 1120. The second-order valence-corrected chi connectivity index (χ2v) is 8.30. The fourth-order valence-electron chi connectivity index (χ4n) is 3.73. The Morgan fingerprint density at radius 2 is 1.15 bits per heavy atom. The van der Waals surface area contributed by atoms with Crippen molar-refractivity contribution in [2.24, 2.45) is 0 Å². The molecule has 0 N–H and O–H groups in total. The summed E-state index contributed by atoms with van der Waals surface area (Å²) in [7, 11) is 0. The van der Waals surface area contributed by atoms with Gasteiger partial charge in [-0.05, 0) is 37.3 Å². The van der Waals surface area contributed by atoms with Crippen LogP contribution in [0.1, 0.15) is 64.9 Å². The van der Waals surface area contributed by atoms with Crippen LogP contribution < -0.4 is 9.47 Å². The molecular weight excluding hydrogens is 432 g/mol. The van der Waals surface area contributed by atoms with Crippen LogP contribution in [-0.4, -0.2) is 25.5 Å². The van der Waals surface area contributed by atoms with Crippen molar-refractivity contribution in [1.29, 1.82) is 0 Å². The second-order valence-electron chi connectivity index (χ2n) is 8.30. The summed E-state index contributed by atoms with van der Waals surface area (Å²) in [5, 5.41) is 2.67. The van der Waals surface area contributed by atoms with Crippen molar-refractivity contribution in [1.82, 2.24) is 0 Å². The van der Waals surface area contributed by atoms with Crippen molar-refractivity contribution < 1.29 is 28.5 Å². The maximum absolute atomic E-state index is 12.5. The van der Waals surface area contributed by atoms with Gasteiger partial charge in [-0.2, -0.15) is 0 Å². The number of fused-ring (bicyclic) bond motifs is 2. The van der Waals surface area contributed by atoms with Gasteiger partial charge in [0.25, 0.3) is 0 Å². The molecule has 0 aliphatic heterocycles. The zero-order chi connectivity index (χ0) is 24.3. The minimum Gasteiger partial charge on any atom is -0.434 e. The van der Waals surface area contributed by atoms with E-state index in [-0.39, 0.29) is 0 Å². The number of benzene rings is 3. The first-order valence-corrected chi connectivity index (χ1v) is 12.3. The van der Waals surface area contributed by atoms with Crippen LogP contribution in [0.3, 0.4) is 0 Å². The molecule has 0 amide bonds. The lowest BCUT2D eigenvalue weighted by Crippen LogP contribution is -2.14. The Morgan fingerprint density at radius 1 is 0.647 bits per heavy atom. The molecule has 0 atom stereocenters. The third-order valence-corrected chi connectivity index (χ3v) is 5.61. The van der Waals surface area contributed by atoms with E-state index in [0.717, 1.165) is 50.5 Å². The molecular formula is C28H34O6. The average Bonchev–Trinajstić information content (AvgIpc) is 2.85. The summed E-state index contributed by atoms with van der Waals surface area (Å²) >= 11 is 0. The quantitative estimate of drug-likeness (QED) is 0.123. The molecule has 0 saturated heterocycles. The molecule has 0 fully saturated rings. The average molecular weight is 467 g/mol. The van der Waals surface area contributed by atoms with Crippen LogP contribution in [0.5, 0.6) is 11.5 Å². The number of carbonyl (C=O) groups excluding carboxylic acids is 2. The van der Waals surface area contributed by atoms with Gasteiger partial charge in [0.05, 0.1) is 13.2 Å². The van der Waals surface area contributed by atoms with Crippen LogP contribution >= 0.6 is 0 Å². The van der Waals surface area contributed by atoms with Crippen molar-refractivity contribution >= 4 is 33.9 Å². The van der Waals surface area contributed by atoms with Crippen LogP contribution in [0.15, 0.2) is 42.5 Å². The molecule has 0 heterocycles. The van der Waals surface area contributed by atoms with Gasteiger partial charge in [-0.25, -0.2) is 9.59 Å². The first-order chi connectivity index (χ1) is 16.6. The molecule has 34 heavy (non-hydrogen) atoms. The van der Waals surface area contributed by atoms with Gasteiger partial charge in [-0.1, -0.05) is 76.4 Å². The zero-order valence-corrected chi connectivity index (χ0v) is 20.4. The molecule has 0 spiro atoms. The van der Waals surface area contributed by atoms with Gasteiger partial charge < -0.3 is 18.9 Å². The van der Waals surface area contributed by atoms with Gasteiger partial charge in [0.15, 0.2) is 0 Å². The molecule has 0 radical (unpaired) electrons. The monoisotopic (exact) mass is 466 g/mol. The van der Waals surface area contributed by atoms with Crippen molar-refractivity contribution in [2.45, 2.75) is 65.7 Å². The minimum atomic E-state index is -0.748. The summed E-state index contributed by atoms with van der Waals surface area (Å²) < 4.78 is 22.0. The highest BCUT2D eigenvalue weighted by Crippen LogP contribution is 2.43. The van der Waals surface area contributed by atoms with Crippen LogP contribution in [0.2, 0.25) is 0 Å². The van der Waals surface area contributed by atoms with E-state index in [1.807, 2.05) is 56.3 Å². The second kappa shape index (κ2) is 12.8. The van der Waals surface area contributed by atoms with Gasteiger partial charge in [-0.15, -0.1) is 0 Å². The first kappa shape index (κ1) is 25.3. The highest BCUT2D eigenvalue weighted by atomic mass is 16.7. The van der Waals surface area contributed by atoms with Gasteiger partial charge >= 0.3 is 12.3 Å². The normalized spacial score (nSPS) is 10.9. The first-order valence-electron chi connectivity index (χ1n) is 12.3. The highest BCUT2D eigenvalue weighted by Gasteiger charge is 2.21. The molecule has 0 saturated carbocycles. The molecule has 3 aromatic rings. The predicted molar refractivity (Wildman–Crippen MR) is 134 cm³/mol. The third-order valence-electron chi connectivity index (χ3n) is 5.61. The number of hydrogen-bond acceptors (Lipinski definition) is 6. The highest BCUT2D eigenvalue weighted by molar-refractivity contribution is 6.12. The van der Waals surface area contributed by atoms with E-state index in [2.05, 4.69) is 6.92 Å². The number of unbranched alkanes of at least 4 members (excludes halogenated alkanes) is 3. The van der Waals surface area contributed by atoms with Crippen molar-refractivity contribution in [2.75, 3.05) is 13.2 Å². The van der Waals surface area contributed by atoms with E-state index in [9.17, 15) is 9.59 Å². The summed E-state index contributed by atoms with van der Waals surface area (Å²) in [5.41, 5.74) is 1.12. The van der Waals surface area contributed by atoms with Crippen LogP contribution in [0.25, 0.3) is 21.5 Å². The lowest BCUT2D eigenvalue weighted by molar-refractivity contribution is 0.0970. The van der Waals surface area contributed by atoms with Crippen molar-refractivity contribution in [3.63, 3.8) is 0 Å². The smallest absolute Gasteiger partial charge is 0.434 e. The Kier molecular flexibility index (Phi) is 9.56. The standard InChI is InChI=1S/C28H34O6/c1-4-7-12-20-15-16-23-24(19-20)26(34-28(30)32-18-9-6-3)22-14-11-10-13-21(22)25(23)33-27(29)31-17-8-5-2/h10-11,13-16,19H,4-9,12,17-18H2,1-3H3. The minimum absolute atomic E-state index is 0.303. The lowest BCUT2D eigenvalue weighted by Gasteiger charge is -2.17. The molecule has 182 valence electrons. The molecule has 0 unspecified atom stereocenters. The fourth-order valence-corrected chi connectivity index (χ4v) is 3.73. The molecule has 6 heteroatoms. The Labute approximate surface area is 201 Å². The van der Waals surface area contributed by atoms with Crippen LogP contribution in [-0.2, 0) is 15.9 Å². The molecule has 0 aliphatic rings. The number of hydrogen-bond donors (Lipinski definition) is 0. The van der Waals surface area contributed by atoms with Gasteiger partial charge in [0.1, 0.15) is 11.5 Å². The van der Waals surface area contributed by atoms with E-state index in [1.165, 1.54) is 0 Å². The van der Waals surface area contributed by atoms with Crippen molar-refractivity contribution in [3.8, 4) is 11.5 Å². The number of rotatable bonds is 11. The van der Waals surface area contributed by atoms with Gasteiger partial charge in [0.2, 0.25) is 0 Å². The summed E-state index contributed by atoms with van der Waals surface area (Å²) in [4.78, 5) is 24.9. The molecule has 3 aromatic carbocycles. The SMILES string of the molecule is CCCCOC(=O)Oc1c2ccccc2c(OC(=O)OCCCC)c2cc(CCCC)ccc12. The lowest BCUT2D eigenvalue weighted by atomic mass is 9.97. The van der Waals surface area contributed by atoms with E-state index in [1.54, 1.807) is 0 Å². The maximum atomic E-state index is 12.5. The Balaban J connectivity index is 2.10. The molecule has 0 bridgehead atoms. The number of aryl methyl sites for hydroxylation is 1. The van der Waals surface area contributed by atoms with E-state index in [4.69, 9.17) is 18.9 Å². The molecule has 6 nitrogen and oxygen atoms in total. The fraction of sp³-hybridized carbons (Fsp3) is 0.429. The maximum Gasteiger partial charge on any atom is 0.513 e. The van der Waals surface area contributed by atoms with E-state index < -0.39 is 12.3 Å². The summed E-state index contributed by atoms with van der Waals surface area (Å²) in [5.74, 6) is 0.790. The van der Waals surface area contributed by atoms with E-state index >= 15 is 0 Å². The van der Waals surface area contributed by atoms with E-state index in [0.29, 0.717) is 46.3 Å². The molecule has 3 rings (SSSR count). The Hall–Kier alpha value is -3.28. The predicted octanol–water partition coefficient (Wildman–Crippen LogP) is 7.97. The number of ether oxygens (including phenoxy) is 4. The topological polar surface area (TPSA) is 71.1 Å². The van der Waals surface area contributed by atoms with Crippen molar-refractivity contribution in [3.05, 3.63) is 48.0 Å². The zero-order valence-electron chi connectivity index (χ0n) is 20.4. The van der Waals surface area contributed by atoms with Crippen LogP contribution in [0.4, 0.5) is 9.59 Å². The van der Waals surface area contributed by atoms with Crippen LogP contribution in [0, 0.1) is 0 Å². The summed E-state index contributed by atoms with van der Waals surface area (Å²) in [6.45, 7) is 6.80. The Morgan fingerprint density at radius 3 is 1.68 bits per heavy atom. The number of carbonyl (C=O) groups is 2. The third kappa shape index (κ3) is 6.40. The van der Waals surface area contributed by atoms with Gasteiger partial charge in [0, 0.05) is 21.5 Å². The van der Waals surface area contributed by atoms with Gasteiger partial charge in [-0.3, -0.25) is 0 Å². The molecule has 0 aliphatic carbocycles. The summed E-state index contributed by atoms with van der Waals surface area (Å²) in [6.07, 6.45) is 4.89. The molecule has 0 aromatic heterocycles.